The van der Waals surface area contributed by atoms with Crippen molar-refractivity contribution in [3.63, 3.8) is 0 Å². The zero-order valence-corrected chi connectivity index (χ0v) is 24.6. The van der Waals surface area contributed by atoms with Crippen LogP contribution < -0.4 is 10.6 Å². The van der Waals surface area contributed by atoms with Crippen molar-refractivity contribution in [2.75, 3.05) is 18.1 Å². The van der Waals surface area contributed by atoms with E-state index in [2.05, 4.69) is 15.8 Å². The molecule has 11 nitrogen and oxygen atoms in total. The van der Waals surface area contributed by atoms with Crippen molar-refractivity contribution < 1.29 is 34.4 Å². The molecule has 2 aromatic carbocycles. The van der Waals surface area contributed by atoms with Crippen LogP contribution in [0.25, 0.3) is 11.1 Å². The van der Waals surface area contributed by atoms with Gasteiger partial charge in [0.1, 0.15) is 12.2 Å². The minimum atomic E-state index is -1.83. The molecular formula is C30H39N3O8S. The highest BCUT2D eigenvalue weighted by molar-refractivity contribution is 7.99. The molecule has 42 heavy (non-hydrogen) atoms. The van der Waals surface area contributed by atoms with E-state index in [1.165, 1.54) is 6.92 Å². The van der Waals surface area contributed by atoms with Crippen LogP contribution in [0.1, 0.15) is 49.9 Å². The van der Waals surface area contributed by atoms with Crippen molar-refractivity contribution in [3.8, 4) is 11.1 Å². The van der Waals surface area contributed by atoms with E-state index in [0.29, 0.717) is 12.0 Å². The van der Waals surface area contributed by atoms with Gasteiger partial charge in [-0.2, -0.15) is 11.8 Å². The highest BCUT2D eigenvalue weighted by atomic mass is 32.2. The molecule has 6 unspecified atom stereocenters. The second-order valence-corrected chi connectivity index (χ2v) is 11.7. The number of benzene rings is 2. The Labute approximate surface area is 249 Å². The highest BCUT2D eigenvalue weighted by Gasteiger charge is 2.54. The van der Waals surface area contributed by atoms with Gasteiger partial charge in [0.25, 0.3) is 5.91 Å². The van der Waals surface area contributed by atoms with E-state index in [1.807, 2.05) is 37.3 Å². The van der Waals surface area contributed by atoms with Crippen LogP contribution in [0.4, 0.5) is 0 Å². The van der Waals surface area contributed by atoms with Gasteiger partial charge >= 0.3 is 5.91 Å². The molecule has 0 spiro atoms. The van der Waals surface area contributed by atoms with E-state index in [9.17, 15) is 34.6 Å². The molecular weight excluding hydrogens is 562 g/mol. The molecule has 1 heterocycles. The molecule has 228 valence electrons. The van der Waals surface area contributed by atoms with Crippen molar-refractivity contribution in [3.05, 3.63) is 65.1 Å². The predicted octanol–water partition coefficient (Wildman–Crippen LogP) is 2.41. The Morgan fingerprint density at radius 2 is 1.74 bits per heavy atom. The minimum Gasteiger partial charge on any atom is -0.391 e. The van der Waals surface area contributed by atoms with Crippen LogP contribution in [0.15, 0.2) is 59.8 Å². The van der Waals surface area contributed by atoms with Crippen molar-refractivity contribution >= 4 is 29.5 Å². The van der Waals surface area contributed by atoms with Crippen LogP contribution in [-0.4, -0.2) is 87.2 Å². The van der Waals surface area contributed by atoms with E-state index >= 15 is 0 Å². The number of nitroso groups, excluding NO2 is 1. The fourth-order valence-corrected chi connectivity index (χ4v) is 5.79. The number of aliphatic hydroxyl groups is 3. The van der Waals surface area contributed by atoms with Gasteiger partial charge in [-0.3, -0.25) is 14.4 Å². The number of nitrogens with one attached hydrogen (secondary N) is 2. The summed E-state index contributed by atoms with van der Waals surface area (Å²) in [5.41, 5.74) is 0.416. The Hall–Kier alpha value is -3.16. The molecule has 0 saturated carbocycles. The fourth-order valence-electron chi connectivity index (χ4n) is 5.09. The van der Waals surface area contributed by atoms with Crippen LogP contribution in [0, 0.1) is 4.91 Å². The van der Waals surface area contributed by atoms with Gasteiger partial charge in [0.2, 0.25) is 5.91 Å². The summed E-state index contributed by atoms with van der Waals surface area (Å²) in [4.78, 5) is 48.7. The molecule has 0 aliphatic carbocycles. The molecule has 0 radical (unpaired) electrons. The average Bonchev–Trinajstić information content (AvgIpc) is 3.00. The van der Waals surface area contributed by atoms with Crippen molar-refractivity contribution in [2.45, 2.75) is 75.6 Å². The fraction of sp³-hybridized carbons (Fsp3) is 0.500. The molecule has 6 atom stereocenters. The summed E-state index contributed by atoms with van der Waals surface area (Å²) in [6.07, 6.45) is -5.30. The van der Waals surface area contributed by atoms with Gasteiger partial charge < -0.3 is 30.7 Å². The highest BCUT2D eigenvalue weighted by Crippen LogP contribution is 2.37. The van der Waals surface area contributed by atoms with E-state index in [4.69, 9.17) is 4.74 Å². The molecule has 3 rings (SSSR count). The monoisotopic (exact) mass is 601 g/mol. The molecule has 1 aliphatic heterocycles. The lowest BCUT2D eigenvalue weighted by molar-refractivity contribution is -0.218. The molecule has 1 saturated heterocycles. The number of hydrogen-bond acceptors (Lipinski definition) is 9. The largest absolute Gasteiger partial charge is 0.391 e. The molecule has 5 N–H and O–H groups in total. The van der Waals surface area contributed by atoms with Gasteiger partial charge in [-0.25, -0.2) is 0 Å². The van der Waals surface area contributed by atoms with E-state index in [1.54, 1.807) is 36.0 Å². The number of amides is 3. The van der Waals surface area contributed by atoms with Gasteiger partial charge in [-0.1, -0.05) is 49.4 Å². The van der Waals surface area contributed by atoms with E-state index in [-0.39, 0.29) is 12.8 Å². The SMILES string of the molecule is CCSCCCCC1(C(=O)N=O)CC(O)C(NC(C)=O)C(C(O)C(O)CNC(=O)c2ccc(-c3ccccc3)cc2)O1. The van der Waals surface area contributed by atoms with Gasteiger partial charge in [-0.05, 0) is 54.0 Å². The first-order valence-electron chi connectivity index (χ1n) is 14.0. The van der Waals surface area contributed by atoms with E-state index in [0.717, 1.165) is 29.1 Å². The quantitative estimate of drug-likeness (QED) is 0.161. The third-order valence-corrected chi connectivity index (χ3v) is 8.28. The van der Waals surface area contributed by atoms with Gasteiger partial charge in [0.05, 0.1) is 18.2 Å². The zero-order valence-electron chi connectivity index (χ0n) is 23.8. The van der Waals surface area contributed by atoms with Crippen LogP contribution in [0.5, 0.6) is 0 Å². The number of carbonyl (C=O) groups is 3. The first-order valence-corrected chi connectivity index (χ1v) is 15.2. The van der Waals surface area contributed by atoms with Gasteiger partial charge in [0, 0.05) is 30.6 Å². The zero-order chi connectivity index (χ0) is 30.7. The topological polar surface area (TPSA) is 175 Å². The van der Waals surface area contributed by atoms with Crippen LogP contribution in [0.3, 0.4) is 0 Å². The maximum absolute atomic E-state index is 12.8. The lowest BCUT2D eigenvalue weighted by Crippen LogP contribution is -2.67. The van der Waals surface area contributed by atoms with Crippen molar-refractivity contribution in [1.82, 2.24) is 10.6 Å². The Bertz CT molecular complexity index is 1200. The third-order valence-electron chi connectivity index (χ3n) is 7.29. The Morgan fingerprint density at radius 1 is 1.07 bits per heavy atom. The first kappa shape index (κ1) is 33.3. The maximum atomic E-state index is 12.8. The molecule has 12 heteroatoms. The summed E-state index contributed by atoms with van der Waals surface area (Å²) < 4.78 is 6.00. The number of unbranched alkanes of at least 4 members (excludes halogenated alkanes) is 1. The van der Waals surface area contributed by atoms with Gasteiger partial charge in [-0.15, -0.1) is 4.91 Å². The standard InChI is InChI=1S/C30H39N3O8S/c1-3-42-16-8-7-15-30(29(39)33-40)17-23(35)25(32-19(2)34)27(41-30)26(37)24(36)18-31-28(38)22-13-11-21(12-14-22)20-9-5-4-6-10-20/h4-6,9-14,23-27,35-37H,3,7-8,15-18H2,1-2H3,(H,31,38)(H,32,34). The molecule has 1 fully saturated rings. The smallest absolute Gasteiger partial charge is 0.317 e. The molecule has 3 amide bonds. The predicted molar refractivity (Wildman–Crippen MR) is 160 cm³/mol. The summed E-state index contributed by atoms with van der Waals surface area (Å²) >= 11 is 1.72. The number of ether oxygens (including phenoxy) is 1. The second-order valence-electron chi connectivity index (χ2n) is 10.3. The van der Waals surface area contributed by atoms with Crippen LogP contribution in [0.2, 0.25) is 0 Å². The summed E-state index contributed by atoms with van der Waals surface area (Å²) in [6.45, 7) is 2.83. The Kier molecular flexibility index (Phi) is 12.6. The summed E-state index contributed by atoms with van der Waals surface area (Å²) in [5.74, 6) is -0.417. The maximum Gasteiger partial charge on any atom is 0.317 e. The number of carbonyl (C=O) groups excluding carboxylic acids is 3. The van der Waals surface area contributed by atoms with Crippen molar-refractivity contribution in [1.29, 1.82) is 0 Å². The average molecular weight is 602 g/mol. The Balaban J connectivity index is 1.72. The summed E-state index contributed by atoms with van der Waals surface area (Å²) in [5, 5.41) is 40.5. The Morgan fingerprint density at radius 3 is 2.36 bits per heavy atom. The van der Waals surface area contributed by atoms with Crippen LogP contribution in [-0.2, 0) is 14.3 Å². The number of hydrogen-bond donors (Lipinski definition) is 5. The second kappa shape index (κ2) is 15.9. The van der Waals surface area contributed by atoms with Crippen LogP contribution >= 0.6 is 11.8 Å². The summed E-state index contributed by atoms with van der Waals surface area (Å²) in [7, 11) is 0. The molecule has 2 aromatic rings. The number of nitrogens with zero attached hydrogens (tertiary/aromatic N) is 1. The third kappa shape index (κ3) is 8.68. The number of rotatable bonds is 14. The van der Waals surface area contributed by atoms with Gasteiger partial charge in [0.15, 0.2) is 5.60 Å². The van der Waals surface area contributed by atoms with E-state index < -0.39 is 60.3 Å². The normalized spacial score (nSPS) is 23.4. The van der Waals surface area contributed by atoms with Crippen molar-refractivity contribution in [2.24, 2.45) is 5.18 Å². The lowest BCUT2D eigenvalue weighted by Gasteiger charge is -2.47. The first-order chi connectivity index (χ1) is 20.1. The molecule has 1 aliphatic rings. The summed E-state index contributed by atoms with van der Waals surface area (Å²) in [6, 6.07) is 15.3. The molecule has 0 aromatic heterocycles. The minimum absolute atomic E-state index is 0.0563. The molecule has 0 bridgehead atoms. The number of thioether (sulfide) groups is 1. The number of aliphatic hydroxyl groups excluding tert-OH is 3. The lowest BCUT2D eigenvalue weighted by atomic mass is 9.80.